The van der Waals surface area contributed by atoms with Crippen LogP contribution in [-0.4, -0.2) is 69.7 Å². The summed E-state index contributed by atoms with van der Waals surface area (Å²) in [7, 11) is 0. The van der Waals surface area contributed by atoms with Crippen LogP contribution in [0.15, 0.2) is 23.3 Å². The quantitative estimate of drug-likeness (QED) is 0.591. The van der Waals surface area contributed by atoms with Gasteiger partial charge in [-0.2, -0.15) is 31.4 Å². The number of rotatable bonds is 5. The first-order valence-electron chi connectivity index (χ1n) is 11.7. The number of aromatic amines is 1. The van der Waals surface area contributed by atoms with Gasteiger partial charge in [0.1, 0.15) is 11.4 Å². The number of hydrogen-bond donors (Lipinski definition) is 1. The molecule has 2 aliphatic heterocycles. The Bertz CT molecular complexity index is 1160. The zero-order valence-electron chi connectivity index (χ0n) is 19.8. The van der Waals surface area contributed by atoms with E-state index in [1.807, 2.05) is 12.0 Å². The smallest absolute Gasteiger partial charge is 0.352 e. The van der Waals surface area contributed by atoms with Crippen molar-refractivity contribution in [2.24, 2.45) is 5.92 Å². The van der Waals surface area contributed by atoms with E-state index in [0.717, 1.165) is 18.5 Å². The predicted octanol–water partition coefficient (Wildman–Crippen LogP) is 2.94. The summed E-state index contributed by atoms with van der Waals surface area (Å²) >= 11 is 0. The number of H-pyrrole nitrogens is 1. The Kier molecular flexibility index (Phi) is 7.33. The molecule has 2 aromatic heterocycles. The lowest BCUT2D eigenvalue weighted by Crippen LogP contribution is -2.49. The van der Waals surface area contributed by atoms with Crippen LogP contribution in [-0.2, 0) is 17.1 Å². The van der Waals surface area contributed by atoms with Crippen molar-refractivity contribution in [3.8, 4) is 0 Å². The standard InChI is InChI=1S/C22H25F6N7O2/c1-13-8-15(35(12-13)17-9-16(22(26,27)28)19(37)32-31-17)2-3-18(36)33-4-6-34(7-5-33)20-29-10-14(11-30-20)21(23,24)25/h9-11,13,15H,2-8,12H2,1H3,(H,32,37)/t13-,15+/m0/s1. The second kappa shape index (κ2) is 10.2. The first kappa shape index (κ1) is 26.7. The molecule has 1 amide bonds. The van der Waals surface area contributed by atoms with Gasteiger partial charge in [-0.15, -0.1) is 0 Å². The van der Waals surface area contributed by atoms with Gasteiger partial charge < -0.3 is 14.7 Å². The zero-order valence-corrected chi connectivity index (χ0v) is 19.8. The van der Waals surface area contributed by atoms with E-state index in [0.29, 0.717) is 45.6 Å². The minimum Gasteiger partial charge on any atom is -0.352 e. The van der Waals surface area contributed by atoms with Crippen molar-refractivity contribution in [2.75, 3.05) is 42.5 Å². The van der Waals surface area contributed by atoms with Gasteiger partial charge in [0.25, 0.3) is 5.56 Å². The molecule has 0 unspecified atom stereocenters. The van der Waals surface area contributed by atoms with Gasteiger partial charge in [-0.25, -0.2) is 15.1 Å². The van der Waals surface area contributed by atoms with E-state index in [-0.39, 0.29) is 36.1 Å². The average molecular weight is 533 g/mol. The van der Waals surface area contributed by atoms with Crippen molar-refractivity contribution < 1.29 is 31.1 Å². The fourth-order valence-corrected chi connectivity index (χ4v) is 4.69. The highest BCUT2D eigenvalue weighted by Gasteiger charge is 2.37. The summed E-state index contributed by atoms with van der Waals surface area (Å²) in [6.45, 7) is 3.78. The molecule has 2 aliphatic rings. The molecule has 15 heteroatoms. The van der Waals surface area contributed by atoms with Gasteiger partial charge >= 0.3 is 12.4 Å². The number of halogens is 6. The van der Waals surface area contributed by atoms with Crippen molar-refractivity contribution in [2.45, 2.75) is 44.6 Å². The molecule has 2 fully saturated rings. The van der Waals surface area contributed by atoms with E-state index >= 15 is 0 Å². The topological polar surface area (TPSA) is 98.3 Å². The molecule has 202 valence electrons. The molecule has 2 aromatic rings. The lowest BCUT2D eigenvalue weighted by Gasteiger charge is -2.35. The number of nitrogens with one attached hydrogen (secondary N) is 1. The van der Waals surface area contributed by atoms with E-state index in [2.05, 4.69) is 15.1 Å². The zero-order chi connectivity index (χ0) is 27.0. The first-order valence-corrected chi connectivity index (χ1v) is 11.7. The minimum absolute atomic E-state index is 0.0129. The van der Waals surface area contributed by atoms with Crippen LogP contribution < -0.4 is 15.4 Å². The molecule has 0 aliphatic carbocycles. The summed E-state index contributed by atoms with van der Waals surface area (Å²) in [4.78, 5) is 37.0. The Hall–Kier alpha value is -3.39. The van der Waals surface area contributed by atoms with Crippen LogP contribution in [0, 0.1) is 5.92 Å². The van der Waals surface area contributed by atoms with Crippen LogP contribution >= 0.6 is 0 Å². The number of carbonyl (C=O) groups excluding carboxylic acids is 1. The molecule has 37 heavy (non-hydrogen) atoms. The van der Waals surface area contributed by atoms with Crippen molar-refractivity contribution in [1.29, 1.82) is 0 Å². The van der Waals surface area contributed by atoms with Crippen LogP contribution in [0.4, 0.5) is 38.1 Å². The predicted molar refractivity (Wildman–Crippen MR) is 120 cm³/mol. The normalized spacial score (nSPS) is 21.0. The third kappa shape index (κ3) is 6.13. The molecule has 0 saturated carbocycles. The van der Waals surface area contributed by atoms with Crippen LogP contribution in [0.25, 0.3) is 0 Å². The summed E-state index contributed by atoms with van der Waals surface area (Å²) < 4.78 is 77.6. The summed E-state index contributed by atoms with van der Waals surface area (Å²) in [5.41, 5.74) is -3.56. The largest absolute Gasteiger partial charge is 0.421 e. The number of alkyl halides is 6. The monoisotopic (exact) mass is 533 g/mol. The minimum atomic E-state index is -4.81. The van der Waals surface area contributed by atoms with Gasteiger partial charge in [-0.1, -0.05) is 6.92 Å². The molecule has 9 nitrogen and oxygen atoms in total. The van der Waals surface area contributed by atoms with Crippen molar-refractivity contribution in [3.63, 3.8) is 0 Å². The van der Waals surface area contributed by atoms with E-state index in [4.69, 9.17) is 0 Å². The van der Waals surface area contributed by atoms with E-state index in [9.17, 15) is 35.9 Å². The number of nitrogens with zero attached hydrogens (tertiary/aromatic N) is 6. The van der Waals surface area contributed by atoms with Crippen LogP contribution in [0.2, 0.25) is 0 Å². The molecule has 0 bridgehead atoms. The lowest BCUT2D eigenvalue weighted by molar-refractivity contribution is -0.139. The van der Waals surface area contributed by atoms with Crippen LogP contribution in [0.3, 0.4) is 0 Å². The third-order valence-corrected chi connectivity index (χ3v) is 6.59. The summed E-state index contributed by atoms with van der Waals surface area (Å²) in [6.07, 6.45) is -6.66. The van der Waals surface area contributed by atoms with Gasteiger partial charge in [-0.3, -0.25) is 9.59 Å². The molecule has 4 heterocycles. The van der Waals surface area contributed by atoms with Gasteiger partial charge in [0.05, 0.1) is 5.56 Å². The molecule has 0 radical (unpaired) electrons. The van der Waals surface area contributed by atoms with Crippen molar-refractivity contribution in [1.82, 2.24) is 25.1 Å². The molecule has 0 spiro atoms. The fraction of sp³-hybridized carbons (Fsp3) is 0.591. The van der Waals surface area contributed by atoms with Gasteiger partial charge in [-0.05, 0) is 18.8 Å². The third-order valence-electron chi connectivity index (χ3n) is 6.59. The maximum absolute atomic E-state index is 13.2. The molecule has 4 rings (SSSR count). The van der Waals surface area contributed by atoms with Gasteiger partial charge in [0, 0.05) is 63.6 Å². The Morgan fingerprint density at radius 2 is 1.70 bits per heavy atom. The number of aromatic nitrogens is 4. The molecule has 2 atom stereocenters. The average Bonchev–Trinajstić information content (AvgIpc) is 3.22. The summed E-state index contributed by atoms with van der Waals surface area (Å²) in [6, 6.07) is 0.522. The second-order valence-electron chi connectivity index (χ2n) is 9.29. The summed E-state index contributed by atoms with van der Waals surface area (Å²) in [5, 5.41) is 5.72. The van der Waals surface area contributed by atoms with E-state index < -0.39 is 29.0 Å². The van der Waals surface area contributed by atoms with Gasteiger partial charge in [0.15, 0.2) is 0 Å². The van der Waals surface area contributed by atoms with Crippen LogP contribution in [0.5, 0.6) is 0 Å². The lowest BCUT2D eigenvalue weighted by atomic mass is 10.0. The highest BCUT2D eigenvalue weighted by Crippen LogP contribution is 2.33. The highest BCUT2D eigenvalue weighted by molar-refractivity contribution is 5.76. The Balaban J connectivity index is 1.33. The van der Waals surface area contributed by atoms with Crippen molar-refractivity contribution >= 4 is 17.7 Å². The van der Waals surface area contributed by atoms with Crippen molar-refractivity contribution in [3.05, 3.63) is 39.9 Å². The number of amides is 1. The second-order valence-corrected chi connectivity index (χ2v) is 9.29. The number of anilines is 2. The molecule has 1 N–H and O–H groups in total. The Morgan fingerprint density at radius 1 is 1.05 bits per heavy atom. The Morgan fingerprint density at radius 3 is 2.30 bits per heavy atom. The maximum atomic E-state index is 13.2. The van der Waals surface area contributed by atoms with E-state index in [1.54, 1.807) is 14.7 Å². The number of hydrogen-bond acceptors (Lipinski definition) is 7. The number of carbonyl (C=O) groups is 1. The van der Waals surface area contributed by atoms with E-state index in [1.165, 1.54) is 0 Å². The number of piperazine rings is 1. The molecule has 2 saturated heterocycles. The first-order chi connectivity index (χ1) is 17.3. The maximum Gasteiger partial charge on any atom is 0.421 e. The molecular formula is C22H25F6N7O2. The molecular weight excluding hydrogens is 508 g/mol. The van der Waals surface area contributed by atoms with Gasteiger partial charge in [0.2, 0.25) is 11.9 Å². The van der Waals surface area contributed by atoms with Crippen LogP contribution in [0.1, 0.15) is 37.3 Å². The SMILES string of the molecule is C[C@H]1C[C@@H](CCC(=O)N2CCN(c3ncc(C(F)(F)F)cn3)CC2)N(c2cc(C(F)(F)F)c(=O)[nH]n2)C1. The summed E-state index contributed by atoms with van der Waals surface area (Å²) in [5.74, 6) is 0.203. The molecule has 0 aromatic carbocycles. The Labute approximate surface area is 207 Å². The highest BCUT2D eigenvalue weighted by atomic mass is 19.4. The fourth-order valence-electron chi connectivity index (χ4n) is 4.69.